The lowest BCUT2D eigenvalue weighted by molar-refractivity contribution is -0.138. The summed E-state index contributed by atoms with van der Waals surface area (Å²) in [7, 11) is -3.85. The van der Waals surface area contributed by atoms with E-state index in [9.17, 15) is 33.3 Å². The van der Waals surface area contributed by atoms with Gasteiger partial charge in [0.15, 0.2) is 0 Å². The van der Waals surface area contributed by atoms with Crippen LogP contribution in [0.5, 0.6) is 0 Å². The highest BCUT2D eigenvalue weighted by Crippen LogP contribution is 2.50. The van der Waals surface area contributed by atoms with Gasteiger partial charge in [-0.25, -0.2) is 27.8 Å². The van der Waals surface area contributed by atoms with E-state index in [-0.39, 0.29) is 49.9 Å². The van der Waals surface area contributed by atoms with Gasteiger partial charge in [0.25, 0.3) is 5.91 Å². The average molecular weight is 708 g/mol. The summed E-state index contributed by atoms with van der Waals surface area (Å²) in [6, 6.07) is 16.9. The number of nitrogens with zero attached hydrogens (tertiary/aromatic N) is 4. The molecular formula is C36H45N5O8S. The van der Waals surface area contributed by atoms with Gasteiger partial charge >= 0.3 is 12.2 Å². The lowest BCUT2D eigenvalue weighted by Gasteiger charge is -2.35. The highest BCUT2D eigenvalue weighted by molar-refractivity contribution is 7.89. The number of ether oxygens (including phenoxy) is 2. The molecule has 4 atom stereocenters. The fraction of sp³-hybridized carbons (Fsp3) is 0.556. The number of aryl methyl sites for hydroxylation is 1. The van der Waals surface area contributed by atoms with Gasteiger partial charge in [-0.1, -0.05) is 36.4 Å². The third-order valence-electron chi connectivity index (χ3n) is 11.1. The highest BCUT2D eigenvalue weighted by atomic mass is 32.2. The van der Waals surface area contributed by atoms with Crippen LogP contribution in [0.25, 0.3) is 0 Å². The maximum Gasteiger partial charge on any atom is 0.410 e. The molecule has 4 aliphatic rings. The van der Waals surface area contributed by atoms with Crippen molar-refractivity contribution in [1.82, 2.24) is 19.6 Å². The Labute approximate surface area is 293 Å². The molecule has 0 bridgehead atoms. The zero-order valence-corrected chi connectivity index (χ0v) is 29.1. The van der Waals surface area contributed by atoms with Gasteiger partial charge in [0.1, 0.15) is 13.2 Å². The van der Waals surface area contributed by atoms with Crippen LogP contribution in [0, 0.1) is 35.5 Å². The molecule has 14 heteroatoms. The number of carbonyl (C=O) groups excluding carboxylic acids is 3. The maximum atomic E-state index is 13.8. The molecule has 1 saturated carbocycles. The summed E-state index contributed by atoms with van der Waals surface area (Å²) in [6.07, 6.45) is 2.22. The highest BCUT2D eigenvalue weighted by Gasteiger charge is 2.56. The van der Waals surface area contributed by atoms with Crippen LogP contribution in [0.4, 0.5) is 9.59 Å². The Hall–Kier alpha value is -4.19. The van der Waals surface area contributed by atoms with Crippen molar-refractivity contribution in [2.24, 2.45) is 17.3 Å². The van der Waals surface area contributed by atoms with Gasteiger partial charge < -0.3 is 19.3 Å². The van der Waals surface area contributed by atoms with E-state index in [1.54, 1.807) is 21.3 Å². The number of likely N-dealkylation sites (tertiary alicyclic amines) is 2. The summed E-state index contributed by atoms with van der Waals surface area (Å²) in [4.78, 5) is 42.2. The predicted molar refractivity (Wildman–Crippen MR) is 181 cm³/mol. The number of benzene rings is 2. The van der Waals surface area contributed by atoms with Crippen molar-refractivity contribution in [3.63, 3.8) is 0 Å². The first-order valence-corrected chi connectivity index (χ1v) is 18.9. The molecule has 2 N–H and O–H groups in total. The summed E-state index contributed by atoms with van der Waals surface area (Å²) < 4.78 is 40.1. The molecule has 2 aromatic carbocycles. The van der Waals surface area contributed by atoms with Crippen molar-refractivity contribution in [3.8, 4) is 6.07 Å². The van der Waals surface area contributed by atoms with Crippen LogP contribution in [-0.2, 0) is 30.9 Å². The third-order valence-corrected chi connectivity index (χ3v) is 13.2. The van der Waals surface area contributed by atoms with Crippen molar-refractivity contribution in [3.05, 3.63) is 70.8 Å². The fourth-order valence-electron chi connectivity index (χ4n) is 8.52. The number of nitrogens with one attached hydrogen (secondary N) is 1. The summed E-state index contributed by atoms with van der Waals surface area (Å²) in [5.41, 5.74) is 4.02. The standard InChI is InChI=1S/C36H45N5O8S/c1-25-16-27(19-37)9-10-32(25)28-11-14-40(15-12-28)50(46,47)24-36(33(42)38-45)17-29-20-39(21-30(29)18-36)34(43)49-23-31-8-5-13-41(31)35(44)48-22-26-6-3-2-4-7-26/h2-4,6-7,9-10,16,28-31,45H,5,8,11-15,17-18,20-24H2,1H3,(H,38,42)/t29-,30+,31-,36?/m1/s1. The molecule has 0 aromatic heterocycles. The Balaban J connectivity index is 1.00. The minimum Gasteiger partial charge on any atom is -0.447 e. The molecule has 3 heterocycles. The molecule has 2 aromatic rings. The van der Waals surface area contributed by atoms with E-state index in [0.29, 0.717) is 57.5 Å². The van der Waals surface area contributed by atoms with E-state index in [1.807, 2.05) is 49.4 Å². The van der Waals surface area contributed by atoms with E-state index >= 15 is 0 Å². The van der Waals surface area contributed by atoms with Gasteiger partial charge in [-0.15, -0.1) is 0 Å². The molecule has 50 heavy (non-hydrogen) atoms. The molecule has 0 spiro atoms. The van der Waals surface area contributed by atoms with Gasteiger partial charge in [0.2, 0.25) is 10.0 Å². The molecule has 1 unspecified atom stereocenters. The molecule has 3 saturated heterocycles. The van der Waals surface area contributed by atoms with Gasteiger partial charge in [0.05, 0.1) is 28.8 Å². The smallest absolute Gasteiger partial charge is 0.410 e. The maximum absolute atomic E-state index is 13.8. The number of piperidine rings is 1. The largest absolute Gasteiger partial charge is 0.447 e. The second kappa shape index (κ2) is 15.0. The number of amides is 3. The molecule has 0 radical (unpaired) electrons. The van der Waals surface area contributed by atoms with E-state index in [1.165, 1.54) is 4.31 Å². The Kier molecular flexibility index (Phi) is 10.7. The molecule has 4 fully saturated rings. The number of hydroxylamine groups is 1. The Morgan fingerprint density at radius 1 is 0.980 bits per heavy atom. The number of rotatable bonds is 9. The van der Waals surface area contributed by atoms with Crippen molar-refractivity contribution in [2.75, 3.05) is 45.1 Å². The Morgan fingerprint density at radius 2 is 1.68 bits per heavy atom. The minimum atomic E-state index is -3.85. The second-order valence-corrected chi connectivity index (χ2v) is 16.2. The zero-order valence-electron chi connectivity index (χ0n) is 28.3. The number of nitriles is 1. The summed E-state index contributed by atoms with van der Waals surface area (Å²) >= 11 is 0. The number of sulfonamides is 1. The molecule has 268 valence electrons. The second-order valence-electron chi connectivity index (χ2n) is 14.3. The van der Waals surface area contributed by atoms with Crippen molar-refractivity contribution < 1.29 is 37.5 Å². The number of carbonyl (C=O) groups is 3. The van der Waals surface area contributed by atoms with Gasteiger partial charge in [-0.3, -0.25) is 10.0 Å². The fourth-order valence-corrected chi connectivity index (χ4v) is 10.5. The van der Waals surface area contributed by atoms with Crippen molar-refractivity contribution >= 4 is 28.1 Å². The topological polar surface area (TPSA) is 170 Å². The molecule has 1 aliphatic carbocycles. The minimum absolute atomic E-state index is 0.0433. The zero-order chi connectivity index (χ0) is 35.5. The SMILES string of the molecule is Cc1cc(C#N)ccc1C1CCN(S(=O)(=O)CC2(C(=O)NO)C[C@H]3CN(C(=O)OC[C@H]4CCCN4C(=O)OCc4ccccc4)C[C@H]3C2)CC1. The predicted octanol–water partition coefficient (Wildman–Crippen LogP) is 4.15. The normalized spacial score (nSPS) is 25.6. The summed E-state index contributed by atoms with van der Waals surface area (Å²) in [5.74, 6) is -1.21. The van der Waals surface area contributed by atoms with Crippen LogP contribution in [0.1, 0.15) is 66.7 Å². The van der Waals surface area contributed by atoms with Gasteiger partial charge in [0, 0.05) is 32.7 Å². The van der Waals surface area contributed by atoms with E-state index in [0.717, 1.165) is 23.1 Å². The lowest BCUT2D eigenvalue weighted by Crippen LogP contribution is -2.49. The third kappa shape index (κ3) is 7.60. The van der Waals surface area contributed by atoms with Gasteiger partial charge in [-0.2, -0.15) is 5.26 Å². The quantitative estimate of drug-likeness (QED) is 0.287. The molecule has 3 amide bonds. The average Bonchev–Trinajstić information content (AvgIpc) is 3.84. The number of fused-ring (bicyclic) bond motifs is 1. The first kappa shape index (κ1) is 35.6. The van der Waals surface area contributed by atoms with Crippen molar-refractivity contribution in [2.45, 2.75) is 64.0 Å². The number of hydrogen-bond acceptors (Lipinski definition) is 9. The van der Waals surface area contributed by atoms with E-state index in [4.69, 9.17) is 9.47 Å². The number of hydrogen-bond donors (Lipinski definition) is 2. The monoisotopic (exact) mass is 707 g/mol. The van der Waals surface area contributed by atoms with Gasteiger partial charge in [-0.05, 0) is 92.0 Å². The van der Waals surface area contributed by atoms with E-state index < -0.39 is 39.3 Å². The van der Waals surface area contributed by atoms with Crippen LogP contribution in [0.15, 0.2) is 48.5 Å². The van der Waals surface area contributed by atoms with Crippen LogP contribution in [0.2, 0.25) is 0 Å². The lowest BCUT2D eigenvalue weighted by atomic mass is 9.86. The Morgan fingerprint density at radius 3 is 2.32 bits per heavy atom. The van der Waals surface area contributed by atoms with Crippen LogP contribution >= 0.6 is 0 Å². The summed E-state index contributed by atoms with van der Waals surface area (Å²) in [6.45, 7) is 3.95. The first-order chi connectivity index (χ1) is 24.0. The molecule has 6 rings (SSSR count). The van der Waals surface area contributed by atoms with Crippen LogP contribution in [-0.4, -0.2) is 96.9 Å². The van der Waals surface area contributed by atoms with Crippen LogP contribution < -0.4 is 5.48 Å². The van der Waals surface area contributed by atoms with E-state index in [2.05, 4.69) is 6.07 Å². The first-order valence-electron chi connectivity index (χ1n) is 17.3. The van der Waals surface area contributed by atoms with Crippen molar-refractivity contribution in [1.29, 1.82) is 5.26 Å². The molecule has 3 aliphatic heterocycles. The Bertz CT molecular complexity index is 1710. The van der Waals surface area contributed by atoms with Crippen LogP contribution in [0.3, 0.4) is 0 Å². The summed E-state index contributed by atoms with van der Waals surface area (Å²) in [5, 5.41) is 18.9. The molecule has 13 nitrogen and oxygen atoms in total. The molecular weight excluding hydrogens is 662 g/mol.